The molecule has 0 aliphatic carbocycles. The second kappa shape index (κ2) is 23.7. The molecule has 0 heterocycles. The van der Waals surface area contributed by atoms with Crippen molar-refractivity contribution in [2.24, 2.45) is 0 Å². The van der Waals surface area contributed by atoms with E-state index in [1.54, 1.807) is 0 Å². The van der Waals surface area contributed by atoms with E-state index in [4.69, 9.17) is 14.0 Å². The number of hydrogen-bond donors (Lipinski definition) is 7. The van der Waals surface area contributed by atoms with E-state index in [-0.39, 0.29) is 0 Å². The van der Waals surface area contributed by atoms with Crippen molar-refractivity contribution in [3.63, 3.8) is 0 Å². The standard InChI is InChI=1S/C37H54B2I2N4O3P2/c1-4-5-6-7-8-9-10-11-28-18-29(22-42-12-14-44-24-31-20-33(49(38)40)16-26(2)35(31)46)37(48)30(19-28)23-43-13-15-45-25-32-21-34(50(39)41)17-27(3)36(32)47/h16-21,42-48H,4-15,22-25H2,1-3H3. The first-order valence-corrected chi connectivity index (χ1v) is 26.1. The van der Waals surface area contributed by atoms with E-state index in [1.807, 2.05) is 38.1 Å². The van der Waals surface area contributed by atoms with Gasteiger partial charge in [0, 0.05) is 0 Å². The molecular weight excluding hydrogens is 886 g/mol. The Morgan fingerprint density at radius 3 is 1.28 bits per heavy atom. The molecule has 7 N–H and O–H groups in total. The molecule has 0 saturated carbocycles. The maximum absolute atomic E-state index is 11.3. The van der Waals surface area contributed by atoms with Gasteiger partial charge in [0.25, 0.3) is 0 Å². The van der Waals surface area contributed by atoms with Crippen molar-refractivity contribution in [2.45, 2.75) is 98.3 Å². The molecule has 3 aromatic carbocycles. The van der Waals surface area contributed by atoms with Gasteiger partial charge >= 0.3 is 263 Å². The summed E-state index contributed by atoms with van der Waals surface area (Å²) in [4.78, 5) is -1.51. The molecule has 0 saturated heterocycles. The SMILES string of the molecule is B#P(I)c1cc(C)c(O)c(CNCCNCc2cc(CCCCCCCCC)cc(CNCCNCc3cc(P(#B)I)cc(C)c3O)c2O)c1. The number of halogens is 2. The van der Waals surface area contributed by atoms with E-state index < -0.39 is 9.76 Å². The maximum atomic E-state index is 11.3. The van der Waals surface area contributed by atoms with Crippen LogP contribution in [0.25, 0.3) is 0 Å². The molecule has 0 bridgehead atoms. The average Bonchev–Trinajstić information content (AvgIpc) is 3.08. The zero-order chi connectivity index (χ0) is 36.5. The molecule has 7 nitrogen and oxygen atoms in total. The van der Waals surface area contributed by atoms with Crippen LogP contribution >= 0.6 is 53.8 Å². The third-order valence-corrected chi connectivity index (χ3v) is 13.7. The minimum atomic E-state index is -0.753. The van der Waals surface area contributed by atoms with Gasteiger partial charge in [-0.15, -0.1) is 0 Å². The molecule has 2 atom stereocenters. The molecule has 0 radical (unpaired) electrons. The van der Waals surface area contributed by atoms with Gasteiger partial charge in [-0.2, -0.15) is 0 Å². The molecule has 3 rings (SSSR count). The van der Waals surface area contributed by atoms with Crippen LogP contribution in [-0.4, -0.2) is 55.5 Å². The van der Waals surface area contributed by atoms with Gasteiger partial charge in [-0.1, -0.05) is 45.4 Å². The molecule has 2 unspecified atom stereocenters. The van der Waals surface area contributed by atoms with Crippen molar-refractivity contribution in [1.82, 2.24) is 21.3 Å². The minimum absolute atomic E-state index is 0.323. The van der Waals surface area contributed by atoms with Gasteiger partial charge in [-0.25, -0.2) is 0 Å². The van der Waals surface area contributed by atoms with Gasteiger partial charge in [-0.3, -0.25) is 0 Å². The first kappa shape index (κ1) is 43.5. The van der Waals surface area contributed by atoms with E-state index in [9.17, 15) is 15.3 Å². The number of benzene rings is 3. The van der Waals surface area contributed by atoms with Crippen molar-refractivity contribution >= 4 is 78.5 Å². The summed E-state index contributed by atoms with van der Waals surface area (Å²) in [5, 5.41) is 48.3. The molecule has 0 aromatic heterocycles. The Hall–Kier alpha value is -0.910. The molecule has 0 amide bonds. The Labute approximate surface area is 329 Å². The summed E-state index contributed by atoms with van der Waals surface area (Å²) in [6, 6.07) is 12.2. The number of aromatic hydroxyl groups is 3. The van der Waals surface area contributed by atoms with Crippen LogP contribution in [0, 0.1) is 13.8 Å². The van der Waals surface area contributed by atoms with Crippen LogP contribution in [0.15, 0.2) is 36.4 Å². The number of unbranched alkanes of at least 4 members (excludes halogenated alkanes) is 6. The van der Waals surface area contributed by atoms with Gasteiger partial charge in [0.1, 0.15) is 0 Å². The fraction of sp³-hybridized carbons (Fsp3) is 0.514. The summed E-state index contributed by atoms with van der Waals surface area (Å²) >= 11 is 4.50. The first-order chi connectivity index (χ1) is 24.0. The Kier molecular flexibility index (Phi) is 20.6. The zero-order valence-corrected chi connectivity index (χ0v) is 36.0. The van der Waals surface area contributed by atoms with Crippen molar-refractivity contribution < 1.29 is 15.3 Å². The van der Waals surface area contributed by atoms with Crippen LogP contribution < -0.4 is 31.9 Å². The monoisotopic (exact) mass is 940 g/mol. The van der Waals surface area contributed by atoms with Crippen LogP contribution in [0.3, 0.4) is 0 Å². The van der Waals surface area contributed by atoms with E-state index in [2.05, 4.69) is 84.4 Å². The quantitative estimate of drug-likeness (QED) is 0.0242. The van der Waals surface area contributed by atoms with Gasteiger partial charge in [-0.05, 0) is 18.4 Å². The predicted molar refractivity (Wildman–Crippen MR) is 235 cm³/mol. The molecule has 0 aliphatic rings. The van der Waals surface area contributed by atoms with Crippen molar-refractivity contribution in [3.05, 3.63) is 75.3 Å². The first-order valence-electron chi connectivity index (χ1n) is 17.7. The Balaban J connectivity index is 1.53. The summed E-state index contributed by atoms with van der Waals surface area (Å²) in [7, 11) is 12.3. The van der Waals surface area contributed by atoms with E-state index in [0.29, 0.717) is 43.4 Å². The molecule has 0 aliphatic heterocycles. The molecule has 270 valence electrons. The topological polar surface area (TPSA) is 109 Å². The number of phenols is 3. The third-order valence-electron chi connectivity index (χ3n) is 8.84. The van der Waals surface area contributed by atoms with Gasteiger partial charge in [0.2, 0.25) is 0 Å². The Morgan fingerprint density at radius 2 is 0.900 bits per heavy atom. The molecule has 13 heteroatoms. The second-order valence-corrected chi connectivity index (χ2v) is 21.5. The second-order valence-electron chi connectivity index (χ2n) is 13.0. The van der Waals surface area contributed by atoms with Gasteiger partial charge in [0.05, 0.1) is 0 Å². The summed E-state index contributed by atoms with van der Waals surface area (Å²) in [5.41, 5.74) is 6.52. The molecular formula is C37H54B2I2N4O3P2. The zero-order valence-electron chi connectivity index (χ0n) is 29.9. The van der Waals surface area contributed by atoms with Crippen LogP contribution in [0.1, 0.15) is 90.8 Å². The van der Waals surface area contributed by atoms with E-state index in [0.717, 1.165) is 83.0 Å². The number of aryl methyl sites for hydroxylation is 3. The summed E-state index contributed by atoms with van der Waals surface area (Å²) in [6.45, 7) is 11.2. The predicted octanol–water partition coefficient (Wildman–Crippen LogP) is 7.55. The number of rotatable bonds is 22. The van der Waals surface area contributed by atoms with Crippen LogP contribution in [0.5, 0.6) is 17.2 Å². The fourth-order valence-electron chi connectivity index (χ4n) is 5.96. The Bertz CT molecular complexity index is 1580. The van der Waals surface area contributed by atoms with Crippen molar-refractivity contribution in [2.75, 3.05) is 26.2 Å². The van der Waals surface area contributed by atoms with Gasteiger partial charge < -0.3 is 5.11 Å². The number of hydrogen-bond acceptors (Lipinski definition) is 7. The number of phenolic OH excluding ortho intramolecular Hbond substituents is 3. The van der Waals surface area contributed by atoms with E-state index >= 15 is 0 Å². The van der Waals surface area contributed by atoms with Gasteiger partial charge in [0.15, 0.2) is 0 Å². The summed E-state index contributed by atoms with van der Waals surface area (Å²) in [5.74, 6) is 0.991. The third kappa shape index (κ3) is 14.8. The van der Waals surface area contributed by atoms with E-state index in [1.165, 1.54) is 44.1 Å². The normalized spacial score (nSPS) is 12.1. The molecule has 50 heavy (non-hydrogen) atoms. The molecule has 3 aromatic rings. The Morgan fingerprint density at radius 1 is 0.540 bits per heavy atom. The molecule has 0 fully saturated rings. The van der Waals surface area contributed by atoms with Crippen molar-refractivity contribution in [1.29, 1.82) is 0 Å². The van der Waals surface area contributed by atoms with Crippen molar-refractivity contribution in [3.8, 4) is 17.2 Å². The fourth-order valence-corrected chi connectivity index (χ4v) is 8.82. The van der Waals surface area contributed by atoms with Crippen LogP contribution in [0.4, 0.5) is 0 Å². The summed E-state index contributed by atoms with van der Waals surface area (Å²) in [6.07, 6.45) is 9.89. The molecule has 0 spiro atoms. The summed E-state index contributed by atoms with van der Waals surface area (Å²) < 4.78 is 0. The number of nitrogens with one attached hydrogen (secondary N) is 4. The van der Waals surface area contributed by atoms with Crippen LogP contribution in [-0.2, 0) is 32.6 Å². The average molecular weight is 940 g/mol. The van der Waals surface area contributed by atoms with Crippen LogP contribution in [0.2, 0.25) is 0 Å².